The molecule has 0 radical (unpaired) electrons. The lowest BCUT2D eigenvalue weighted by atomic mass is 10.1. The van der Waals surface area contributed by atoms with E-state index in [1.807, 2.05) is 6.92 Å². The molecule has 1 aromatic carbocycles. The van der Waals surface area contributed by atoms with E-state index in [0.717, 1.165) is 12.8 Å². The van der Waals surface area contributed by atoms with E-state index in [-0.39, 0.29) is 18.4 Å². The Hall–Kier alpha value is -2.24. The highest BCUT2D eigenvalue weighted by Gasteiger charge is 2.23. The Morgan fingerprint density at radius 2 is 2.15 bits per heavy atom. The number of nitrogen functional groups attached to an aromatic ring is 1. The number of nitrogens with two attached hydrogens (primary N) is 1. The smallest absolute Gasteiger partial charge is 0.251 e. The number of carbonyl (C=O) groups excluding carboxylic acids is 2. The Morgan fingerprint density at radius 1 is 1.40 bits per heavy atom. The van der Waals surface area contributed by atoms with Gasteiger partial charge in [-0.2, -0.15) is 0 Å². The lowest BCUT2D eigenvalue weighted by molar-refractivity contribution is -0.120. The number of ether oxygens (including phenoxy) is 1. The van der Waals surface area contributed by atoms with Crippen LogP contribution in [0.4, 0.5) is 5.69 Å². The number of carbonyl (C=O) groups is 2. The molecule has 1 saturated carbocycles. The zero-order valence-corrected chi connectivity index (χ0v) is 11.4. The molecule has 6 nitrogen and oxygen atoms in total. The van der Waals surface area contributed by atoms with Crippen LogP contribution in [0.3, 0.4) is 0 Å². The molecule has 6 heteroatoms. The van der Waals surface area contributed by atoms with Crippen LogP contribution >= 0.6 is 0 Å². The average Bonchev–Trinajstić information content (AvgIpc) is 3.22. The van der Waals surface area contributed by atoms with Crippen molar-refractivity contribution >= 4 is 17.5 Å². The van der Waals surface area contributed by atoms with Crippen LogP contribution in [0, 0.1) is 0 Å². The second kappa shape index (κ2) is 6.27. The van der Waals surface area contributed by atoms with Crippen LogP contribution in [-0.4, -0.2) is 31.0 Å². The summed E-state index contributed by atoms with van der Waals surface area (Å²) < 4.78 is 5.30. The number of anilines is 1. The van der Waals surface area contributed by atoms with Gasteiger partial charge in [-0.3, -0.25) is 9.59 Å². The molecule has 2 rings (SSSR count). The minimum absolute atomic E-state index is 0.0253. The van der Waals surface area contributed by atoms with Gasteiger partial charge in [-0.05, 0) is 38.0 Å². The fourth-order valence-electron chi connectivity index (χ4n) is 1.75. The number of rotatable bonds is 6. The topological polar surface area (TPSA) is 93.4 Å². The molecule has 2 amide bonds. The molecule has 0 spiro atoms. The molecule has 1 aromatic rings. The summed E-state index contributed by atoms with van der Waals surface area (Å²) in [5, 5.41) is 5.36. The molecule has 4 N–H and O–H groups in total. The average molecular weight is 277 g/mol. The minimum Gasteiger partial charge on any atom is -0.492 e. The van der Waals surface area contributed by atoms with E-state index < -0.39 is 0 Å². The second-order valence-corrected chi connectivity index (χ2v) is 4.71. The van der Waals surface area contributed by atoms with Crippen molar-refractivity contribution in [3.63, 3.8) is 0 Å². The van der Waals surface area contributed by atoms with Crippen LogP contribution in [0.15, 0.2) is 18.2 Å². The zero-order valence-electron chi connectivity index (χ0n) is 11.4. The summed E-state index contributed by atoms with van der Waals surface area (Å²) in [5.41, 5.74) is 6.60. The minimum atomic E-state index is -0.328. The predicted octanol–water partition coefficient (Wildman–Crippen LogP) is 0.676. The highest BCUT2D eigenvalue weighted by molar-refractivity contribution is 5.97. The normalized spacial score (nSPS) is 13.7. The second-order valence-electron chi connectivity index (χ2n) is 4.71. The molecule has 0 saturated heterocycles. The van der Waals surface area contributed by atoms with Crippen LogP contribution in [0.25, 0.3) is 0 Å². The molecule has 20 heavy (non-hydrogen) atoms. The van der Waals surface area contributed by atoms with Crippen molar-refractivity contribution < 1.29 is 14.3 Å². The maximum absolute atomic E-state index is 11.9. The summed E-state index contributed by atoms with van der Waals surface area (Å²) in [7, 11) is 0. The van der Waals surface area contributed by atoms with Gasteiger partial charge in [-0.1, -0.05) is 0 Å². The summed E-state index contributed by atoms with van der Waals surface area (Å²) in [6.07, 6.45) is 2.05. The number of hydrogen-bond donors (Lipinski definition) is 3. The highest BCUT2D eigenvalue weighted by Crippen LogP contribution is 2.22. The molecule has 0 aliphatic heterocycles. The van der Waals surface area contributed by atoms with Gasteiger partial charge < -0.3 is 21.1 Å². The van der Waals surface area contributed by atoms with Gasteiger partial charge in [-0.25, -0.2) is 0 Å². The molecule has 0 unspecified atom stereocenters. The third-order valence-electron chi connectivity index (χ3n) is 2.92. The summed E-state index contributed by atoms with van der Waals surface area (Å²) in [6.45, 7) is 2.35. The lowest BCUT2D eigenvalue weighted by Gasteiger charge is -2.09. The molecular weight excluding hydrogens is 258 g/mol. The molecule has 108 valence electrons. The van der Waals surface area contributed by atoms with E-state index in [1.54, 1.807) is 18.2 Å². The van der Waals surface area contributed by atoms with E-state index in [2.05, 4.69) is 10.6 Å². The van der Waals surface area contributed by atoms with Crippen molar-refractivity contribution in [1.29, 1.82) is 0 Å². The Labute approximate surface area is 117 Å². The van der Waals surface area contributed by atoms with Crippen molar-refractivity contribution in [1.82, 2.24) is 10.6 Å². The summed E-state index contributed by atoms with van der Waals surface area (Å²) in [6, 6.07) is 5.10. The molecular formula is C14H19N3O3. The van der Waals surface area contributed by atoms with Gasteiger partial charge in [0, 0.05) is 11.6 Å². The van der Waals surface area contributed by atoms with Crippen LogP contribution in [0.5, 0.6) is 5.75 Å². The lowest BCUT2D eigenvalue weighted by Crippen LogP contribution is -2.37. The summed E-state index contributed by atoms with van der Waals surface area (Å²) in [4.78, 5) is 23.3. The van der Waals surface area contributed by atoms with E-state index >= 15 is 0 Å². The van der Waals surface area contributed by atoms with E-state index in [4.69, 9.17) is 10.5 Å². The largest absolute Gasteiger partial charge is 0.492 e. The molecule has 0 atom stereocenters. The van der Waals surface area contributed by atoms with Crippen LogP contribution < -0.4 is 21.1 Å². The first-order chi connectivity index (χ1) is 9.60. The maximum Gasteiger partial charge on any atom is 0.251 e. The van der Waals surface area contributed by atoms with Crippen LogP contribution in [0.1, 0.15) is 30.1 Å². The molecule has 0 bridgehead atoms. The first-order valence-electron chi connectivity index (χ1n) is 6.70. The van der Waals surface area contributed by atoms with Crippen LogP contribution in [-0.2, 0) is 4.79 Å². The molecule has 1 aliphatic carbocycles. The predicted molar refractivity (Wildman–Crippen MR) is 75.5 cm³/mol. The van der Waals surface area contributed by atoms with Gasteiger partial charge in [0.15, 0.2) is 0 Å². The Bertz CT molecular complexity index is 512. The van der Waals surface area contributed by atoms with Gasteiger partial charge >= 0.3 is 0 Å². The third-order valence-corrected chi connectivity index (χ3v) is 2.92. The van der Waals surface area contributed by atoms with Gasteiger partial charge in [0.1, 0.15) is 5.75 Å². The first-order valence-corrected chi connectivity index (χ1v) is 6.70. The maximum atomic E-state index is 11.9. The quantitative estimate of drug-likeness (QED) is 0.666. The monoisotopic (exact) mass is 277 g/mol. The standard InChI is InChI=1S/C14H19N3O3/c1-2-20-12-6-3-9(7-11(12)15)14(19)16-8-13(18)17-10-4-5-10/h3,6-7,10H,2,4-5,8,15H2,1H3,(H,16,19)(H,17,18). The van der Waals surface area contributed by atoms with Crippen molar-refractivity contribution in [3.8, 4) is 5.75 Å². The molecule has 1 fully saturated rings. The van der Waals surface area contributed by atoms with Gasteiger partial charge in [0.25, 0.3) is 5.91 Å². The fraction of sp³-hybridized carbons (Fsp3) is 0.429. The zero-order chi connectivity index (χ0) is 14.5. The first kappa shape index (κ1) is 14.2. The summed E-state index contributed by atoms with van der Waals surface area (Å²) >= 11 is 0. The van der Waals surface area contributed by atoms with Crippen molar-refractivity contribution in [2.24, 2.45) is 0 Å². The van der Waals surface area contributed by atoms with Gasteiger partial charge in [-0.15, -0.1) is 0 Å². The van der Waals surface area contributed by atoms with Gasteiger partial charge in [0.2, 0.25) is 5.91 Å². The third kappa shape index (κ3) is 3.88. The fourth-order valence-corrected chi connectivity index (χ4v) is 1.75. The SMILES string of the molecule is CCOc1ccc(C(=O)NCC(=O)NC2CC2)cc1N. The van der Waals surface area contributed by atoms with E-state index in [9.17, 15) is 9.59 Å². The number of nitrogens with one attached hydrogen (secondary N) is 2. The Balaban J connectivity index is 1.87. The summed E-state index contributed by atoms with van der Waals surface area (Å²) in [5.74, 6) is 0.0565. The Kier molecular flexibility index (Phi) is 4.45. The van der Waals surface area contributed by atoms with E-state index in [1.165, 1.54) is 0 Å². The number of amides is 2. The molecule has 0 aromatic heterocycles. The molecule has 1 aliphatic rings. The van der Waals surface area contributed by atoms with Crippen molar-refractivity contribution in [2.75, 3.05) is 18.9 Å². The van der Waals surface area contributed by atoms with Crippen molar-refractivity contribution in [2.45, 2.75) is 25.8 Å². The molecule has 0 heterocycles. The van der Waals surface area contributed by atoms with Gasteiger partial charge in [0.05, 0.1) is 18.8 Å². The highest BCUT2D eigenvalue weighted by atomic mass is 16.5. The van der Waals surface area contributed by atoms with E-state index in [0.29, 0.717) is 29.6 Å². The number of hydrogen-bond acceptors (Lipinski definition) is 4. The van der Waals surface area contributed by atoms with Crippen LogP contribution in [0.2, 0.25) is 0 Å². The number of benzene rings is 1. The van der Waals surface area contributed by atoms with Crippen molar-refractivity contribution in [3.05, 3.63) is 23.8 Å². The Morgan fingerprint density at radius 3 is 2.75 bits per heavy atom.